The van der Waals surface area contributed by atoms with E-state index in [1.54, 1.807) is 0 Å². The average Bonchev–Trinajstić information content (AvgIpc) is 3.28. The first kappa shape index (κ1) is 28.0. The summed E-state index contributed by atoms with van der Waals surface area (Å²) in [6, 6.07) is 2.43. The molecule has 0 bridgehead atoms. The van der Waals surface area contributed by atoms with Crippen molar-refractivity contribution in [3.05, 3.63) is 38.7 Å². The molecular weight excluding hydrogens is 544 g/mol. The fourth-order valence-corrected chi connectivity index (χ4v) is 12.5. The molecule has 6 heteroatoms. The lowest BCUT2D eigenvalue weighted by molar-refractivity contribution is -0.132. The molecule has 4 aliphatic carbocycles. The first-order valence-corrected chi connectivity index (χ1v) is 17.2. The maximum atomic E-state index is 14.1. The summed E-state index contributed by atoms with van der Waals surface area (Å²) in [7, 11) is 0. The van der Waals surface area contributed by atoms with Crippen molar-refractivity contribution < 1.29 is 9.52 Å². The van der Waals surface area contributed by atoms with Crippen LogP contribution in [0.3, 0.4) is 0 Å². The van der Waals surface area contributed by atoms with Gasteiger partial charge in [0.25, 0.3) is 0 Å². The van der Waals surface area contributed by atoms with Gasteiger partial charge >= 0.3 is 5.63 Å². The van der Waals surface area contributed by atoms with E-state index in [2.05, 4.69) is 30.1 Å². The minimum absolute atomic E-state index is 0. The van der Waals surface area contributed by atoms with Crippen LogP contribution in [-0.2, 0) is 24.8 Å². The molecule has 0 amide bonds. The Hall–Kier alpha value is -1.56. The predicted molar refractivity (Wildman–Crippen MR) is 170 cm³/mol. The molecule has 0 saturated heterocycles. The van der Waals surface area contributed by atoms with Gasteiger partial charge < -0.3 is 19.7 Å². The molecule has 228 valence electrons. The number of nitrogens with zero attached hydrogens (tertiary/aromatic N) is 1. The van der Waals surface area contributed by atoms with E-state index in [1.165, 1.54) is 72.7 Å². The number of halogens is 1. The van der Waals surface area contributed by atoms with Crippen LogP contribution in [-0.4, -0.2) is 30.8 Å². The van der Waals surface area contributed by atoms with Gasteiger partial charge in [0.15, 0.2) is 0 Å². The second-order valence-corrected chi connectivity index (χ2v) is 15.9. The minimum atomic E-state index is -0.245. The lowest BCUT2D eigenvalue weighted by Crippen LogP contribution is -2.60. The topological polar surface area (TPSA) is 65.7 Å². The molecule has 4 fully saturated rings. The highest BCUT2D eigenvalue weighted by molar-refractivity contribution is 5.91. The third-order valence-electron chi connectivity index (χ3n) is 14.5. The van der Waals surface area contributed by atoms with Crippen LogP contribution in [0, 0.1) is 34.5 Å². The highest BCUT2D eigenvalue weighted by Gasteiger charge is 2.62. The van der Waals surface area contributed by atoms with E-state index in [0.29, 0.717) is 17.3 Å². The van der Waals surface area contributed by atoms with Crippen LogP contribution in [0.4, 0.5) is 5.69 Å². The van der Waals surface area contributed by atoms with Crippen molar-refractivity contribution in [2.75, 3.05) is 24.5 Å². The van der Waals surface area contributed by atoms with Crippen molar-refractivity contribution in [1.29, 1.82) is 0 Å². The van der Waals surface area contributed by atoms with Crippen molar-refractivity contribution in [2.24, 2.45) is 34.5 Å². The summed E-state index contributed by atoms with van der Waals surface area (Å²) in [5.41, 5.74) is 7.57. The molecule has 1 aromatic heterocycles. The van der Waals surface area contributed by atoms with Crippen molar-refractivity contribution in [1.82, 2.24) is 5.32 Å². The van der Waals surface area contributed by atoms with E-state index < -0.39 is 0 Å². The van der Waals surface area contributed by atoms with Gasteiger partial charge in [0.05, 0.1) is 17.2 Å². The van der Waals surface area contributed by atoms with Crippen LogP contribution in [0.2, 0.25) is 0 Å². The molecule has 5 nitrogen and oxygen atoms in total. The molecule has 0 radical (unpaired) electrons. The van der Waals surface area contributed by atoms with Gasteiger partial charge in [0.1, 0.15) is 5.58 Å². The highest BCUT2D eigenvalue weighted by Crippen LogP contribution is 2.67. The van der Waals surface area contributed by atoms with Crippen molar-refractivity contribution in [3.8, 4) is 0 Å². The van der Waals surface area contributed by atoms with Crippen LogP contribution >= 0.6 is 12.4 Å². The molecule has 7 aliphatic rings. The Morgan fingerprint density at radius 1 is 0.929 bits per heavy atom. The van der Waals surface area contributed by atoms with Gasteiger partial charge in [-0.3, -0.25) is 0 Å². The van der Waals surface area contributed by atoms with E-state index in [-0.39, 0.29) is 35.1 Å². The van der Waals surface area contributed by atoms with E-state index in [1.807, 2.05) is 0 Å². The molecule has 42 heavy (non-hydrogen) atoms. The number of benzene rings is 1. The van der Waals surface area contributed by atoms with Gasteiger partial charge in [-0.1, -0.05) is 13.8 Å². The second-order valence-electron chi connectivity index (χ2n) is 15.9. The molecule has 4 saturated carbocycles. The van der Waals surface area contributed by atoms with Crippen molar-refractivity contribution in [3.63, 3.8) is 0 Å². The molecule has 8 atom stereocenters. The number of fused-ring (bicyclic) bond motifs is 10. The van der Waals surface area contributed by atoms with E-state index >= 15 is 0 Å². The van der Waals surface area contributed by atoms with Gasteiger partial charge in [-0.05, 0) is 142 Å². The molecule has 2 N–H and O–H groups in total. The Bertz CT molecular complexity index is 1500. The smallest absolute Gasteiger partial charge is 0.341 e. The minimum Gasteiger partial charge on any atom is -0.422 e. The lowest BCUT2D eigenvalue weighted by atomic mass is 9.43. The van der Waals surface area contributed by atoms with Gasteiger partial charge in [-0.2, -0.15) is 0 Å². The van der Waals surface area contributed by atoms with Crippen molar-refractivity contribution >= 4 is 29.1 Å². The molecule has 1 spiro atoms. The van der Waals surface area contributed by atoms with Gasteiger partial charge in [0, 0.05) is 36.3 Å². The maximum absolute atomic E-state index is 14.1. The van der Waals surface area contributed by atoms with Gasteiger partial charge in [0.2, 0.25) is 0 Å². The van der Waals surface area contributed by atoms with Crippen LogP contribution < -0.4 is 15.8 Å². The molecule has 9 rings (SSSR count). The Morgan fingerprint density at radius 3 is 2.60 bits per heavy atom. The molecular formula is C36H49ClN2O3. The van der Waals surface area contributed by atoms with Crippen molar-refractivity contribution in [2.45, 2.75) is 115 Å². The number of rotatable bonds is 0. The largest absolute Gasteiger partial charge is 0.422 e. The third kappa shape index (κ3) is 3.54. The first-order valence-electron chi connectivity index (χ1n) is 17.2. The zero-order chi connectivity index (χ0) is 27.7. The monoisotopic (exact) mass is 592 g/mol. The van der Waals surface area contributed by atoms with Crippen LogP contribution in [0.5, 0.6) is 0 Å². The summed E-state index contributed by atoms with van der Waals surface area (Å²) in [5, 5.41) is 16.1. The fraction of sp³-hybridized carbons (Fsp3) is 0.750. The Labute approximate surface area is 256 Å². The Kier molecular flexibility index (Phi) is 6.30. The Morgan fingerprint density at radius 2 is 1.74 bits per heavy atom. The van der Waals surface area contributed by atoms with Crippen LogP contribution in [0.15, 0.2) is 15.3 Å². The molecule has 3 unspecified atom stereocenters. The number of hydrogen-bond acceptors (Lipinski definition) is 5. The summed E-state index contributed by atoms with van der Waals surface area (Å²) in [6.45, 7) is 8.24. The van der Waals surface area contributed by atoms with Gasteiger partial charge in [-0.15, -0.1) is 12.4 Å². The molecule has 3 aliphatic heterocycles. The average molecular weight is 593 g/mol. The number of nitrogens with one attached hydrogen (secondary N) is 1. The van der Waals surface area contributed by atoms with E-state index in [4.69, 9.17) is 4.42 Å². The lowest BCUT2D eigenvalue weighted by Gasteiger charge is -2.62. The van der Waals surface area contributed by atoms with Gasteiger partial charge in [-0.25, -0.2) is 4.79 Å². The SMILES string of the molecule is C[C@]12CCC3C(CC[C@H]4C[C@@]5(CC[C@]34C)NCCc3c5c(=O)oc4c5c6c(cc34)CCCN6CCC5)C1CC[C@@H]2O.Cl. The summed E-state index contributed by atoms with van der Waals surface area (Å²) in [6.07, 6.45) is 15.9. The normalized spacial score (nSPS) is 41.8. The number of hydrogen-bond donors (Lipinski definition) is 2. The quantitative estimate of drug-likeness (QED) is 0.335. The highest BCUT2D eigenvalue weighted by atomic mass is 35.5. The number of aryl methyl sites for hydroxylation is 2. The van der Waals surface area contributed by atoms with Crippen LogP contribution in [0.1, 0.15) is 107 Å². The molecule has 1 aromatic carbocycles. The summed E-state index contributed by atoms with van der Waals surface area (Å²) in [5.74, 6) is 2.87. The molecule has 2 aromatic rings. The summed E-state index contributed by atoms with van der Waals surface area (Å²) < 4.78 is 6.43. The molecule has 4 heterocycles. The summed E-state index contributed by atoms with van der Waals surface area (Å²) >= 11 is 0. The summed E-state index contributed by atoms with van der Waals surface area (Å²) in [4.78, 5) is 16.7. The first-order chi connectivity index (χ1) is 19.8. The number of aliphatic hydroxyl groups excluding tert-OH is 1. The Balaban J connectivity index is 0.00000267. The predicted octanol–water partition coefficient (Wildman–Crippen LogP) is 6.66. The third-order valence-corrected chi connectivity index (χ3v) is 14.5. The number of aliphatic hydroxyl groups is 1. The van der Waals surface area contributed by atoms with Crippen LogP contribution in [0.25, 0.3) is 11.0 Å². The second kappa shape index (κ2) is 9.47. The maximum Gasteiger partial charge on any atom is 0.341 e. The standard InChI is InChI=1S/C36H48N2O3.ClH/c1-34-14-15-36(20-22(34)7-8-24-27-9-10-29(39)35(27,2)13-11-28(24)34)30-23(12-16-37-36)26-19-21-5-3-17-38-18-4-6-25(31(21)38)32(26)41-33(30)40;/h19,22,24,27-29,37,39H,3-18,20H2,1-2H3;1H/t22-,24?,27?,28?,29-,34-,35-,36+;/m0./s1. The zero-order valence-corrected chi connectivity index (χ0v) is 26.4. The zero-order valence-electron chi connectivity index (χ0n) is 25.6. The number of anilines is 1. The van der Waals surface area contributed by atoms with E-state index in [0.717, 1.165) is 87.6 Å². The van der Waals surface area contributed by atoms with E-state index in [9.17, 15) is 9.90 Å². The fourth-order valence-electron chi connectivity index (χ4n) is 12.5.